The number of carbonyl (C=O) groups is 2. The van der Waals surface area contributed by atoms with Crippen molar-refractivity contribution in [2.45, 2.75) is 44.1 Å². The molecule has 2 rings (SSSR count). The van der Waals surface area contributed by atoms with Gasteiger partial charge in [-0.1, -0.05) is 37.5 Å². The van der Waals surface area contributed by atoms with Crippen LogP contribution in [0.25, 0.3) is 0 Å². The molecule has 124 valence electrons. The maximum absolute atomic E-state index is 12.3. The van der Waals surface area contributed by atoms with Gasteiger partial charge in [-0.15, -0.1) is 6.58 Å². The van der Waals surface area contributed by atoms with Gasteiger partial charge in [-0.05, 0) is 25.0 Å². The summed E-state index contributed by atoms with van der Waals surface area (Å²) in [6, 6.07) is 6.84. The largest absolute Gasteiger partial charge is 0.389 e. The molecule has 0 aromatic heterocycles. The molecule has 1 saturated carbocycles. The first kappa shape index (κ1) is 17.2. The van der Waals surface area contributed by atoms with E-state index in [0.29, 0.717) is 30.6 Å². The van der Waals surface area contributed by atoms with Crippen LogP contribution in [0.2, 0.25) is 0 Å². The van der Waals surface area contributed by atoms with Crippen LogP contribution in [0, 0.1) is 0 Å². The Hall–Kier alpha value is -2.14. The fourth-order valence-electron chi connectivity index (χ4n) is 2.93. The fourth-order valence-corrected chi connectivity index (χ4v) is 2.93. The molecule has 23 heavy (non-hydrogen) atoms. The maximum atomic E-state index is 12.3. The van der Waals surface area contributed by atoms with Crippen LogP contribution in [0.1, 0.15) is 48.9 Å². The molecule has 0 bridgehead atoms. The molecule has 5 nitrogen and oxygen atoms in total. The van der Waals surface area contributed by atoms with E-state index in [9.17, 15) is 14.7 Å². The van der Waals surface area contributed by atoms with Crippen LogP contribution in [0.5, 0.6) is 0 Å². The Balaban J connectivity index is 2.03. The van der Waals surface area contributed by atoms with Gasteiger partial charge in [0.1, 0.15) is 0 Å². The second kappa shape index (κ2) is 7.92. The summed E-state index contributed by atoms with van der Waals surface area (Å²) in [5.41, 5.74) is -0.0562. The summed E-state index contributed by atoms with van der Waals surface area (Å²) in [4.78, 5) is 24.4. The second-order valence-corrected chi connectivity index (χ2v) is 6.05. The van der Waals surface area contributed by atoms with Crippen LogP contribution in [-0.2, 0) is 4.79 Å². The van der Waals surface area contributed by atoms with Gasteiger partial charge in [-0.25, -0.2) is 0 Å². The van der Waals surface area contributed by atoms with Gasteiger partial charge in [-0.3, -0.25) is 9.59 Å². The third-order valence-electron chi connectivity index (χ3n) is 4.13. The predicted molar refractivity (Wildman–Crippen MR) is 90.3 cm³/mol. The summed E-state index contributed by atoms with van der Waals surface area (Å²) in [7, 11) is 0. The van der Waals surface area contributed by atoms with Crippen molar-refractivity contribution < 1.29 is 14.7 Å². The molecule has 0 aliphatic heterocycles. The van der Waals surface area contributed by atoms with Gasteiger partial charge in [-0.2, -0.15) is 0 Å². The van der Waals surface area contributed by atoms with E-state index in [-0.39, 0.29) is 18.2 Å². The number of para-hydroxylation sites is 1. The third kappa shape index (κ3) is 4.93. The number of hydrogen-bond acceptors (Lipinski definition) is 3. The molecular formula is C18H24N2O3. The Morgan fingerprint density at radius 2 is 1.91 bits per heavy atom. The van der Waals surface area contributed by atoms with E-state index >= 15 is 0 Å². The van der Waals surface area contributed by atoms with Crippen LogP contribution in [-0.4, -0.2) is 29.1 Å². The molecule has 3 N–H and O–H groups in total. The Labute approximate surface area is 136 Å². The average molecular weight is 316 g/mol. The van der Waals surface area contributed by atoms with E-state index in [1.807, 2.05) is 0 Å². The number of carbonyl (C=O) groups excluding carboxylic acids is 2. The van der Waals surface area contributed by atoms with Gasteiger partial charge >= 0.3 is 0 Å². The lowest BCUT2D eigenvalue weighted by molar-refractivity contribution is -0.122. The Bertz CT molecular complexity index is 577. The molecule has 2 amide bonds. The molecule has 1 aromatic rings. The number of hydrogen-bond donors (Lipinski definition) is 3. The second-order valence-electron chi connectivity index (χ2n) is 6.05. The minimum atomic E-state index is -0.914. The van der Waals surface area contributed by atoms with Crippen molar-refractivity contribution in [3.05, 3.63) is 42.5 Å². The molecule has 0 radical (unpaired) electrons. The van der Waals surface area contributed by atoms with Gasteiger partial charge in [0.2, 0.25) is 5.91 Å². The number of benzene rings is 1. The summed E-state index contributed by atoms with van der Waals surface area (Å²) >= 11 is 0. The molecule has 0 unspecified atom stereocenters. The summed E-state index contributed by atoms with van der Waals surface area (Å²) in [6.07, 6.45) is 5.97. The fraction of sp³-hybridized carbons (Fsp3) is 0.444. The van der Waals surface area contributed by atoms with E-state index in [0.717, 1.165) is 19.3 Å². The van der Waals surface area contributed by atoms with Crippen molar-refractivity contribution >= 4 is 17.5 Å². The molecule has 0 spiro atoms. The summed E-state index contributed by atoms with van der Waals surface area (Å²) in [6.45, 7) is 3.92. The number of nitrogens with one attached hydrogen (secondary N) is 2. The van der Waals surface area contributed by atoms with Crippen molar-refractivity contribution in [2.75, 3.05) is 11.9 Å². The highest BCUT2D eigenvalue weighted by Gasteiger charge is 2.31. The maximum Gasteiger partial charge on any atom is 0.253 e. The van der Waals surface area contributed by atoms with E-state index < -0.39 is 5.60 Å². The molecule has 1 fully saturated rings. The topological polar surface area (TPSA) is 78.4 Å². The molecule has 1 aromatic carbocycles. The van der Waals surface area contributed by atoms with Gasteiger partial charge in [0.05, 0.1) is 23.3 Å². The molecule has 0 heterocycles. The van der Waals surface area contributed by atoms with Crippen LogP contribution in [0.15, 0.2) is 36.9 Å². The first-order valence-corrected chi connectivity index (χ1v) is 8.04. The zero-order valence-electron chi connectivity index (χ0n) is 13.3. The highest BCUT2D eigenvalue weighted by molar-refractivity contribution is 6.03. The molecule has 1 aliphatic carbocycles. The van der Waals surface area contributed by atoms with Crippen molar-refractivity contribution in [1.29, 1.82) is 0 Å². The standard InChI is InChI=1S/C18H24N2O3/c1-2-12-19-17(22)14-8-4-5-9-15(14)20-16(21)13-18(23)10-6-3-7-11-18/h2,4-5,8-9,23H,1,3,6-7,10-13H2,(H,19,22)(H,20,21). The zero-order chi connectivity index (χ0) is 16.7. The van der Waals surface area contributed by atoms with Gasteiger partial charge in [0.15, 0.2) is 0 Å². The number of amides is 2. The van der Waals surface area contributed by atoms with Crippen molar-refractivity contribution in [3.8, 4) is 0 Å². The normalized spacial score (nSPS) is 16.4. The van der Waals surface area contributed by atoms with E-state index in [2.05, 4.69) is 17.2 Å². The summed E-state index contributed by atoms with van der Waals surface area (Å²) < 4.78 is 0. The Kier molecular flexibility index (Phi) is 5.93. The molecule has 0 saturated heterocycles. The zero-order valence-corrected chi connectivity index (χ0v) is 13.3. The molecule has 1 aliphatic rings. The smallest absolute Gasteiger partial charge is 0.253 e. The molecular weight excluding hydrogens is 292 g/mol. The minimum Gasteiger partial charge on any atom is -0.389 e. The minimum absolute atomic E-state index is 0.0651. The SMILES string of the molecule is C=CCNC(=O)c1ccccc1NC(=O)CC1(O)CCCCC1. The predicted octanol–water partition coefficient (Wildman–Crippen LogP) is 2.63. The van der Waals surface area contributed by atoms with E-state index in [1.54, 1.807) is 30.3 Å². The highest BCUT2D eigenvalue weighted by Crippen LogP contribution is 2.31. The average Bonchev–Trinajstić information content (AvgIpc) is 2.53. The van der Waals surface area contributed by atoms with E-state index in [4.69, 9.17) is 0 Å². The molecule has 5 heteroatoms. The summed E-state index contributed by atoms with van der Waals surface area (Å²) in [5.74, 6) is -0.532. The highest BCUT2D eigenvalue weighted by atomic mass is 16.3. The quantitative estimate of drug-likeness (QED) is 0.706. The van der Waals surface area contributed by atoms with Crippen LogP contribution < -0.4 is 10.6 Å². The van der Waals surface area contributed by atoms with Gasteiger partial charge < -0.3 is 15.7 Å². The number of rotatable bonds is 6. The van der Waals surface area contributed by atoms with Crippen molar-refractivity contribution in [1.82, 2.24) is 5.32 Å². The lowest BCUT2D eigenvalue weighted by Crippen LogP contribution is -2.36. The van der Waals surface area contributed by atoms with Crippen LogP contribution >= 0.6 is 0 Å². The first-order valence-electron chi connectivity index (χ1n) is 8.04. The van der Waals surface area contributed by atoms with Gasteiger partial charge in [0.25, 0.3) is 5.91 Å². The Morgan fingerprint density at radius 1 is 1.22 bits per heavy atom. The van der Waals surface area contributed by atoms with Crippen molar-refractivity contribution in [3.63, 3.8) is 0 Å². The Morgan fingerprint density at radius 3 is 2.61 bits per heavy atom. The van der Waals surface area contributed by atoms with Crippen LogP contribution in [0.4, 0.5) is 5.69 Å². The number of anilines is 1. The van der Waals surface area contributed by atoms with E-state index in [1.165, 1.54) is 0 Å². The molecule has 0 atom stereocenters. The van der Waals surface area contributed by atoms with Crippen molar-refractivity contribution in [2.24, 2.45) is 0 Å². The summed E-state index contributed by atoms with van der Waals surface area (Å²) in [5, 5.41) is 15.9. The number of aliphatic hydroxyl groups is 1. The van der Waals surface area contributed by atoms with Gasteiger partial charge in [0, 0.05) is 6.54 Å². The third-order valence-corrected chi connectivity index (χ3v) is 4.13. The lowest BCUT2D eigenvalue weighted by atomic mass is 9.82. The lowest BCUT2D eigenvalue weighted by Gasteiger charge is -2.31. The van der Waals surface area contributed by atoms with Crippen LogP contribution in [0.3, 0.4) is 0 Å². The first-order chi connectivity index (χ1) is 11.0. The monoisotopic (exact) mass is 316 g/mol.